The number of thiazole rings is 1. The lowest BCUT2D eigenvalue weighted by molar-refractivity contribution is 0.0985. The first-order valence-electron chi connectivity index (χ1n) is 11.9. The number of carbonyl (C=O) groups excluding carboxylic acids is 1. The molecule has 0 aliphatic carbocycles. The van der Waals surface area contributed by atoms with Gasteiger partial charge in [0.25, 0.3) is 5.91 Å². The van der Waals surface area contributed by atoms with Gasteiger partial charge in [-0.05, 0) is 54.8 Å². The number of carbonyl (C=O) groups is 1. The van der Waals surface area contributed by atoms with E-state index in [1.807, 2.05) is 48.5 Å². The van der Waals surface area contributed by atoms with Crippen molar-refractivity contribution in [1.29, 1.82) is 0 Å². The van der Waals surface area contributed by atoms with Crippen molar-refractivity contribution in [3.8, 4) is 5.75 Å². The highest BCUT2D eigenvalue weighted by molar-refractivity contribution is 7.89. The van der Waals surface area contributed by atoms with Gasteiger partial charge in [-0.3, -0.25) is 9.69 Å². The van der Waals surface area contributed by atoms with Crippen molar-refractivity contribution in [2.75, 3.05) is 25.1 Å². The monoisotopic (exact) mass is 521 g/mol. The van der Waals surface area contributed by atoms with Crippen LogP contribution < -0.4 is 9.64 Å². The summed E-state index contributed by atoms with van der Waals surface area (Å²) in [6.45, 7) is 1.41. The molecule has 0 saturated carbocycles. The molecule has 3 aromatic carbocycles. The topological polar surface area (TPSA) is 79.8 Å². The number of sulfonamides is 1. The van der Waals surface area contributed by atoms with Crippen LogP contribution >= 0.6 is 11.3 Å². The lowest BCUT2D eigenvalue weighted by Crippen LogP contribution is -2.35. The van der Waals surface area contributed by atoms with E-state index in [4.69, 9.17) is 9.72 Å². The van der Waals surface area contributed by atoms with E-state index in [1.165, 1.54) is 27.8 Å². The average molecular weight is 522 g/mol. The highest BCUT2D eigenvalue weighted by atomic mass is 32.2. The van der Waals surface area contributed by atoms with Gasteiger partial charge in [0, 0.05) is 24.7 Å². The number of piperidine rings is 1. The van der Waals surface area contributed by atoms with Crippen molar-refractivity contribution in [2.24, 2.45) is 0 Å². The normalized spacial score (nSPS) is 14.6. The Kier molecular flexibility index (Phi) is 7.04. The standard InChI is InChI=1S/C27H27N3O4S2/c1-34-22-12-15-25-24(18-22)28-27(35-25)30(19-20-8-4-2-5-9-20)26(31)21-10-13-23(14-11-21)36(32,33)29-16-6-3-7-17-29/h2,4-5,8-15,18H,3,6-7,16-17,19H2,1H3. The molecule has 1 aliphatic heterocycles. The van der Waals surface area contributed by atoms with Gasteiger partial charge in [-0.2, -0.15) is 4.31 Å². The number of rotatable bonds is 7. The molecule has 186 valence electrons. The van der Waals surface area contributed by atoms with Crippen molar-refractivity contribution in [2.45, 2.75) is 30.7 Å². The molecular weight excluding hydrogens is 494 g/mol. The largest absolute Gasteiger partial charge is 0.497 e. The number of fused-ring (bicyclic) bond motifs is 1. The van der Waals surface area contributed by atoms with Gasteiger partial charge >= 0.3 is 0 Å². The number of nitrogens with zero attached hydrogens (tertiary/aromatic N) is 3. The Bertz CT molecular complexity index is 1460. The second-order valence-corrected chi connectivity index (χ2v) is 11.6. The maximum Gasteiger partial charge on any atom is 0.260 e. The predicted molar refractivity (Wildman–Crippen MR) is 142 cm³/mol. The lowest BCUT2D eigenvalue weighted by Gasteiger charge is -2.26. The Morgan fingerprint density at radius 3 is 2.42 bits per heavy atom. The zero-order chi connectivity index (χ0) is 25.1. The predicted octanol–water partition coefficient (Wildman–Crippen LogP) is 5.33. The highest BCUT2D eigenvalue weighted by Crippen LogP contribution is 2.33. The number of benzene rings is 3. The second-order valence-electron chi connectivity index (χ2n) is 8.70. The molecule has 9 heteroatoms. The van der Waals surface area contributed by atoms with E-state index in [0.29, 0.717) is 36.1 Å². The molecule has 1 amide bonds. The minimum atomic E-state index is -3.56. The first-order chi connectivity index (χ1) is 17.5. The van der Waals surface area contributed by atoms with E-state index in [1.54, 1.807) is 24.1 Å². The summed E-state index contributed by atoms with van der Waals surface area (Å²) in [6.07, 6.45) is 2.80. The van der Waals surface area contributed by atoms with Crippen molar-refractivity contribution in [3.63, 3.8) is 0 Å². The summed E-state index contributed by atoms with van der Waals surface area (Å²) in [5.74, 6) is 0.456. The third-order valence-electron chi connectivity index (χ3n) is 6.30. The fourth-order valence-electron chi connectivity index (χ4n) is 4.31. The number of anilines is 1. The first kappa shape index (κ1) is 24.4. The molecule has 0 N–H and O–H groups in total. The summed E-state index contributed by atoms with van der Waals surface area (Å²) in [5, 5.41) is 0.567. The van der Waals surface area contributed by atoms with Crippen LogP contribution in [0.5, 0.6) is 5.75 Å². The molecule has 2 heterocycles. The Hall–Kier alpha value is -3.27. The van der Waals surface area contributed by atoms with Gasteiger partial charge in [-0.1, -0.05) is 48.1 Å². The van der Waals surface area contributed by atoms with Gasteiger partial charge in [0.1, 0.15) is 5.75 Å². The molecule has 1 aliphatic rings. The number of methoxy groups -OCH3 is 1. The van der Waals surface area contributed by atoms with Gasteiger partial charge < -0.3 is 4.74 Å². The summed E-state index contributed by atoms with van der Waals surface area (Å²) >= 11 is 1.43. The Labute approximate surface area is 215 Å². The molecule has 7 nitrogen and oxygen atoms in total. The van der Waals surface area contributed by atoms with Gasteiger partial charge in [0.15, 0.2) is 5.13 Å². The van der Waals surface area contributed by atoms with Crippen molar-refractivity contribution in [3.05, 3.63) is 83.9 Å². The van der Waals surface area contributed by atoms with Crippen LogP contribution in [0.3, 0.4) is 0 Å². The maximum atomic E-state index is 13.7. The van der Waals surface area contributed by atoms with E-state index in [0.717, 1.165) is 35.0 Å². The fourth-order valence-corrected chi connectivity index (χ4v) is 6.77. The summed E-state index contributed by atoms with van der Waals surface area (Å²) in [4.78, 5) is 20.3. The van der Waals surface area contributed by atoms with E-state index >= 15 is 0 Å². The third-order valence-corrected chi connectivity index (χ3v) is 9.27. The zero-order valence-corrected chi connectivity index (χ0v) is 21.6. The van der Waals surface area contributed by atoms with Gasteiger partial charge in [-0.25, -0.2) is 13.4 Å². The lowest BCUT2D eigenvalue weighted by atomic mass is 10.1. The molecule has 5 rings (SSSR count). The van der Waals surface area contributed by atoms with Gasteiger partial charge in [0.05, 0.1) is 28.8 Å². The van der Waals surface area contributed by atoms with E-state index < -0.39 is 10.0 Å². The van der Waals surface area contributed by atoms with Crippen molar-refractivity contribution < 1.29 is 17.9 Å². The quantitative estimate of drug-likeness (QED) is 0.329. The third kappa shape index (κ3) is 5.00. The molecule has 0 radical (unpaired) electrons. The molecule has 0 atom stereocenters. The number of hydrogen-bond donors (Lipinski definition) is 0. The van der Waals surface area contributed by atoms with E-state index in [-0.39, 0.29) is 10.8 Å². The molecule has 4 aromatic rings. The van der Waals surface area contributed by atoms with Gasteiger partial charge in [0.2, 0.25) is 10.0 Å². The molecule has 0 bridgehead atoms. The van der Waals surface area contributed by atoms with Crippen LogP contribution in [0.15, 0.2) is 77.7 Å². The Balaban J connectivity index is 1.47. The summed E-state index contributed by atoms with van der Waals surface area (Å²) in [7, 11) is -1.96. The Morgan fingerprint density at radius 2 is 1.72 bits per heavy atom. The number of ether oxygens (including phenoxy) is 1. The number of hydrogen-bond acceptors (Lipinski definition) is 6. The van der Waals surface area contributed by atoms with Crippen LogP contribution in [0.4, 0.5) is 5.13 Å². The minimum Gasteiger partial charge on any atom is -0.497 e. The average Bonchev–Trinajstić information content (AvgIpc) is 3.35. The fraction of sp³-hybridized carbons (Fsp3) is 0.259. The van der Waals surface area contributed by atoms with Crippen molar-refractivity contribution >= 4 is 42.6 Å². The van der Waals surface area contributed by atoms with Crippen LogP contribution in [-0.2, 0) is 16.6 Å². The smallest absolute Gasteiger partial charge is 0.260 e. The summed E-state index contributed by atoms with van der Waals surface area (Å²) in [5.41, 5.74) is 2.12. The first-order valence-corrected chi connectivity index (χ1v) is 14.1. The van der Waals surface area contributed by atoms with E-state index in [2.05, 4.69) is 0 Å². The maximum absolute atomic E-state index is 13.7. The SMILES string of the molecule is COc1ccc2sc(N(Cc3ccccc3)C(=O)c3ccc(S(=O)(=O)N4CCCCC4)cc3)nc2c1. The Morgan fingerprint density at radius 1 is 1.00 bits per heavy atom. The number of amides is 1. The zero-order valence-electron chi connectivity index (χ0n) is 20.0. The molecule has 0 spiro atoms. The molecule has 1 fully saturated rings. The highest BCUT2D eigenvalue weighted by Gasteiger charge is 2.27. The second kappa shape index (κ2) is 10.4. The molecule has 0 unspecified atom stereocenters. The van der Waals surface area contributed by atoms with Gasteiger partial charge in [-0.15, -0.1) is 0 Å². The molecule has 1 saturated heterocycles. The summed E-state index contributed by atoms with van der Waals surface area (Å²) < 4.78 is 33.9. The molecule has 1 aromatic heterocycles. The van der Waals surface area contributed by atoms with Crippen LogP contribution in [0.2, 0.25) is 0 Å². The van der Waals surface area contributed by atoms with Crippen LogP contribution in [0.25, 0.3) is 10.2 Å². The molecular formula is C27H27N3O4S2. The minimum absolute atomic E-state index is 0.211. The van der Waals surface area contributed by atoms with Crippen molar-refractivity contribution in [1.82, 2.24) is 9.29 Å². The van der Waals surface area contributed by atoms with Crippen LogP contribution in [-0.4, -0.2) is 43.8 Å². The number of aromatic nitrogens is 1. The summed E-state index contributed by atoms with van der Waals surface area (Å²) in [6, 6.07) is 21.6. The van der Waals surface area contributed by atoms with Crippen LogP contribution in [0, 0.1) is 0 Å². The van der Waals surface area contributed by atoms with E-state index in [9.17, 15) is 13.2 Å². The van der Waals surface area contributed by atoms with Crippen LogP contribution in [0.1, 0.15) is 35.2 Å². The molecule has 36 heavy (non-hydrogen) atoms.